The molecule has 1 N–H and O–H groups in total. The van der Waals surface area contributed by atoms with Crippen molar-refractivity contribution in [2.45, 2.75) is 37.8 Å². The van der Waals surface area contributed by atoms with Gasteiger partial charge in [-0.25, -0.2) is 8.42 Å². The zero-order valence-electron chi connectivity index (χ0n) is 23.8. The molecule has 0 saturated carbocycles. The molecule has 0 aromatic heterocycles. The molecule has 4 aromatic rings. The van der Waals surface area contributed by atoms with Crippen LogP contribution in [0.15, 0.2) is 108 Å². The number of carbonyl (C=O) groups is 2. The predicted molar refractivity (Wildman–Crippen MR) is 167 cm³/mol. The van der Waals surface area contributed by atoms with Crippen molar-refractivity contribution in [3.8, 4) is 0 Å². The lowest BCUT2D eigenvalue weighted by atomic mass is 10.0. The van der Waals surface area contributed by atoms with Gasteiger partial charge in [-0.3, -0.25) is 13.9 Å². The number of aryl methyl sites for hydroxylation is 2. The zero-order valence-corrected chi connectivity index (χ0v) is 25.4. The van der Waals surface area contributed by atoms with Crippen LogP contribution in [0.4, 0.5) is 5.69 Å². The average Bonchev–Trinajstić information content (AvgIpc) is 2.98. The molecule has 0 aliphatic carbocycles. The summed E-state index contributed by atoms with van der Waals surface area (Å²) in [6, 6.07) is 29.0. The van der Waals surface area contributed by atoms with Crippen LogP contribution >= 0.6 is 11.6 Å². The van der Waals surface area contributed by atoms with Crippen molar-refractivity contribution in [2.24, 2.45) is 0 Å². The van der Waals surface area contributed by atoms with Gasteiger partial charge in [-0.1, -0.05) is 90.0 Å². The highest BCUT2D eigenvalue weighted by atomic mass is 35.5. The van der Waals surface area contributed by atoms with E-state index in [1.165, 1.54) is 24.1 Å². The number of hydrogen-bond acceptors (Lipinski definition) is 4. The second-order valence-corrected chi connectivity index (χ2v) is 12.4. The van der Waals surface area contributed by atoms with Crippen LogP contribution in [0, 0.1) is 13.8 Å². The molecule has 0 aliphatic heterocycles. The molecule has 0 spiro atoms. The molecule has 0 heterocycles. The highest BCUT2D eigenvalue weighted by molar-refractivity contribution is 7.92. The Balaban J connectivity index is 1.81. The lowest BCUT2D eigenvalue weighted by molar-refractivity contribution is -0.139. The van der Waals surface area contributed by atoms with Gasteiger partial charge in [0.15, 0.2) is 0 Å². The molecule has 42 heavy (non-hydrogen) atoms. The third-order valence-electron chi connectivity index (χ3n) is 6.99. The summed E-state index contributed by atoms with van der Waals surface area (Å²) in [5.74, 6) is -0.866. The van der Waals surface area contributed by atoms with Gasteiger partial charge in [0.1, 0.15) is 12.6 Å². The van der Waals surface area contributed by atoms with E-state index in [0.29, 0.717) is 16.3 Å². The largest absolute Gasteiger partial charge is 0.357 e. The van der Waals surface area contributed by atoms with Crippen LogP contribution in [0.25, 0.3) is 0 Å². The SMILES string of the molecule is CNC(=O)[C@@H](Cc1ccccc1)N(Cc1cccc(C)c1)C(=O)CN(c1ccc(Cl)cc1C)S(=O)(=O)c1ccccc1. The van der Waals surface area contributed by atoms with E-state index in [2.05, 4.69) is 5.32 Å². The first kappa shape index (κ1) is 30.8. The first-order chi connectivity index (χ1) is 20.1. The quantitative estimate of drug-likeness (QED) is 0.244. The number of benzene rings is 4. The number of amides is 2. The van der Waals surface area contributed by atoms with E-state index in [1.54, 1.807) is 43.3 Å². The Bertz CT molecular complexity index is 1650. The lowest BCUT2D eigenvalue weighted by Gasteiger charge is -2.34. The van der Waals surface area contributed by atoms with E-state index in [0.717, 1.165) is 21.0 Å². The standard InChI is InChI=1S/C33H34ClN3O4S/c1-24-11-10-14-27(19-24)22-36(31(33(39)35-3)21-26-12-6-4-7-13-26)32(38)23-37(30-18-17-28(34)20-25(30)2)42(40,41)29-15-8-5-9-16-29/h4-20,31H,21-23H2,1-3H3,(H,35,39)/t31-/m1/s1. The molecule has 0 unspecified atom stereocenters. The van der Waals surface area contributed by atoms with Crippen LogP contribution in [0.2, 0.25) is 5.02 Å². The Morgan fingerprint density at radius 3 is 2.10 bits per heavy atom. The van der Waals surface area contributed by atoms with Gasteiger partial charge in [0.2, 0.25) is 11.8 Å². The number of sulfonamides is 1. The smallest absolute Gasteiger partial charge is 0.264 e. The highest BCUT2D eigenvalue weighted by Gasteiger charge is 2.34. The molecular weight excluding hydrogens is 570 g/mol. The lowest BCUT2D eigenvalue weighted by Crippen LogP contribution is -2.53. The minimum atomic E-state index is -4.17. The van der Waals surface area contributed by atoms with Gasteiger partial charge >= 0.3 is 0 Å². The molecule has 4 aromatic carbocycles. The first-order valence-corrected chi connectivity index (χ1v) is 15.4. The van der Waals surface area contributed by atoms with Crippen LogP contribution in [-0.2, 0) is 32.6 Å². The maximum atomic E-state index is 14.3. The van der Waals surface area contributed by atoms with Crippen LogP contribution in [0.1, 0.15) is 22.3 Å². The van der Waals surface area contributed by atoms with Gasteiger partial charge in [0.05, 0.1) is 10.6 Å². The van der Waals surface area contributed by atoms with Crippen LogP contribution < -0.4 is 9.62 Å². The number of nitrogens with zero attached hydrogens (tertiary/aromatic N) is 2. The molecule has 2 amide bonds. The average molecular weight is 604 g/mol. The van der Waals surface area contributed by atoms with Crippen molar-refractivity contribution in [3.05, 3.63) is 130 Å². The molecule has 1 atom stereocenters. The van der Waals surface area contributed by atoms with Gasteiger partial charge in [-0.15, -0.1) is 0 Å². The molecule has 7 nitrogen and oxygen atoms in total. The van der Waals surface area contributed by atoms with E-state index in [-0.39, 0.29) is 23.8 Å². The molecule has 9 heteroatoms. The Morgan fingerprint density at radius 1 is 0.833 bits per heavy atom. The summed E-state index contributed by atoms with van der Waals surface area (Å²) in [7, 11) is -2.64. The van der Waals surface area contributed by atoms with Crippen molar-refractivity contribution in [2.75, 3.05) is 17.9 Å². The zero-order chi connectivity index (χ0) is 30.3. The summed E-state index contributed by atoms with van der Waals surface area (Å²) < 4.78 is 29.1. The van der Waals surface area contributed by atoms with E-state index >= 15 is 0 Å². The second-order valence-electron chi connectivity index (χ2n) is 10.1. The van der Waals surface area contributed by atoms with E-state index in [1.807, 2.05) is 61.5 Å². The number of rotatable bonds is 11. The number of carbonyl (C=O) groups excluding carboxylic acids is 2. The van der Waals surface area contributed by atoms with Crippen LogP contribution in [0.3, 0.4) is 0 Å². The third kappa shape index (κ3) is 7.38. The topological polar surface area (TPSA) is 86.8 Å². The number of likely N-dealkylation sites (N-methyl/N-ethyl adjacent to an activating group) is 1. The molecular formula is C33H34ClN3O4S. The van der Waals surface area contributed by atoms with Crippen molar-refractivity contribution >= 4 is 39.1 Å². The fourth-order valence-corrected chi connectivity index (χ4v) is 6.59. The molecule has 0 fully saturated rings. The number of hydrogen-bond donors (Lipinski definition) is 1. The molecule has 0 bridgehead atoms. The van der Waals surface area contributed by atoms with Crippen LogP contribution in [-0.4, -0.2) is 44.8 Å². The van der Waals surface area contributed by atoms with Crippen LogP contribution in [0.5, 0.6) is 0 Å². The maximum absolute atomic E-state index is 14.3. The van der Waals surface area contributed by atoms with Crippen molar-refractivity contribution in [1.82, 2.24) is 10.2 Å². The van der Waals surface area contributed by atoms with E-state index in [9.17, 15) is 18.0 Å². The number of anilines is 1. The summed E-state index contributed by atoms with van der Waals surface area (Å²) in [4.78, 5) is 29.2. The second kappa shape index (κ2) is 13.7. The van der Waals surface area contributed by atoms with Crippen molar-refractivity contribution in [3.63, 3.8) is 0 Å². The van der Waals surface area contributed by atoms with Gasteiger partial charge in [0.25, 0.3) is 10.0 Å². The third-order valence-corrected chi connectivity index (χ3v) is 9.00. The monoisotopic (exact) mass is 603 g/mol. The summed E-state index contributed by atoms with van der Waals surface area (Å²) in [5, 5.41) is 3.14. The van der Waals surface area contributed by atoms with Crippen molar-refractivity contribution < 1.29 is 18.0 Å². The molecule has 0 saturated heterocycles. The minimum absolute atomic E-state index is 0.0459. The summed E-state index contributed by atoms with van der Waals surface area (Å²) in [6.07, 6.45) is 0.253. The Hall–Kier alpha value is -4.14. The normalized spacial score (nSPS) is 11.9. The van der Waals surface area contributed by atoms with E-state index < -0.39 is 28.5 Å². The minimum Gasteiger partial charge on any atom is -0.357 e. The van der Waals surface area contributed by atoms with Gasteiger partial charge < -0.3 is 10.2 Å². The number of nitrogens with one attached hydrogen (secondary N) is 1. The summed E-state index contributed by atoms with van der Waals surface area (Å²) in [5.41, 5.74) is 3.62. The Labute approximate surface area is 252 Å². The van der Waals surface area contributed by atoms with Gasteiger partial charge in [0, 0.05) is 25.0 Å². The van der Waals surface area contributed by atoms with Crippen molar-refractivity contribution in [1.29, 1.82) is 0 Å². The highest BCUT2D eigenvalue weighted by Crippen LogP contribution is 2.29. The fourth-order valence-electron chi connectivity index (χ4n) is 4.86. The van der Waals surface area contributed by atoms with E-state index in [4.69, 9.17) is 11.6 Å². The predicted octanol–water partition coefficient (Wildman–Crippen LogP) is 5.54. The van der Waals surface area contributed by atoms with Gasteiger partial charge in [-0.2, -0.15) is 0 Å². The molecule has 0 aliphatic rings. The summed E-state index contributed by atoms with van der Waals surface area (Å²) >= 11 is 6.19. The molecule has 218 valence electrons. The Kier molecular flexibility index (Phi) is 10.0. The maximum Gasteiger partial charge on any atom is 0.264 e. The Morgan fingerprint density at radius 2 is 1.48 bits per heavy atom. The van der Waals surface area contributed by atoms with Gasteiger partial charge in [-0.05, 0) is 60.9 Å². The summed E-state index contributed by atoms with van der Waals surface area (Å²) in [6.45, 7) is 3.29. The fraction of sp³-hybridized carbons (Fsp3) is 0.212. The first-order valence-electron chi connectivity index (χ1n) is 13.5. The molecule has 0 radical (unpaired) electrons. The molecule has 4 rings (SSSR count). The number of halogens is 1.